The summed E-state index contributed by atoms with van der Waals surface area (Å²) >= 11 is 0. The van der Waals surface area contributed by atoms with Crippen LogP contribution in [0.2, 0.25) is 0 Å². The van der Waals surface area contributed by atoms with Crippen LogP contribution in [0.3, 0.4) is 0 Å². The van der Waals surface area contributed by atoms with Crippen LogP contribution >= 0.6 is 0 Å². The van der Waals surface area contributed by atoms with E-state index in [1.165, 1.54) is 0 Å². The van der Waals surface area contributed by atoms with Gasteiger partial charge in [0.15, 0.2) is 5.78 Å². The molecule has 0 amide bonds. The van der Waals surface area contributed by atoms with Gasteiger partial charge in [0.2, 0.25) is 0 Å². The van der Waals surface area contributed by atoms with Crippen LogP contribution in [0.1, 0.15) is 28.6 Å². The molecular weight excluding hydrogens is 408 g/mol. The molecule has 3 heteroatoms. The lowest BCUT2D eigenvalue weighted by Crippen LogP contribution is -2.04. The molecule has 0 spiro atoms. The van der Waals surface area contributed by atoms with E-state index in [9.17, 15) is 4.79 Å². The summed E-state index contributed by atoms with van der Waals surface area (Å²) in [7, 11) is 1.66. The van der Waals surface area contributed by atoms with E-state index >= 15 is 0 Å². The van der Waals surface area contributed by atoms with Gasteiger partial charge in [-0.1, -0.05) is 73.7 Å². The van der Waals surface area contributed by atoms with Crippen molar-refractivity contribution in [2.45, 2.75) is 13.3 Å². The minimum absolute atomic E-state index is 0.0364. The molecule has 33 heavy (non-hydrogen) atoms. The first-order valence-corrected chi connectivity index (χ1v) is 11.1. The van der Waals surface area contributed by atoms with Crippen molar-refractivity contribution in [2.75, 3.05) is 7.11 Å². The Morgan fingerprint density at radius 2 is 1.48 bits per heavy atom. The van der Waals surface area contributed by atoms with Gasteiger partial charge in [-0.3, -0.25) is 4.79 Å². The molecule has 3 nitrogen and oxygen atoms in total. The highest BCUT2D eigenvalue weighted by Crippen LogP contribution is 2.36. The van der Waals surface area contributed by atoms with Crippen LogP contribution in [0.4, 0.5) is 0 Å². The smallest absolute Gasteiger partial charge is 0.197 e. The van der Waals surface area contributed by atoms with Crippen molar-refractivity contribution in [3.63, 3.8) is 0 Å². The molecule has 0 aliphatic heterocycles. The fraction of sp³-hybridized carbons (Fsp3) is 0.100. The van der Waals surface area contributed by atoms with Gasteiger partial charge in [0.1, 0.15) is 17.1 Å². The second-order valence-electron chi connectivity index (χ2n) is 7.94. The van der Waals surface area contributed by atoms with E-state index in [0.29, 0.717) is 23.3 Å². The van der Waals surface area contributed by atoms with E-state index < -0.39 is 0 Å². The van der Waals surface area contributed by atoms with Gasteiger partial charge in [-0.25, -0.2) is 0 Å². The number of carbonyl (C=O) groups is 1. The highest BCUT2D eigenvalue weighted by Gasteiger charge is 2.22. The van der Waals surface area contributed by atoms with Gasteiger partial charge < -0.3 is 9.15 Å². The Labute approximate surface area is 193 Å². The number of hydrogen-bond donors (Lipinski definition) is 0. The van der Waals surface area contributed by atoms with Gasteiger partial charge in [-0.2, -0.15) is 0 Å². The molecule has 5 rings (SSSR count). The number of fused-ring (bicyclic) bond motifs is 1. The second-order valence-corrected chi connectivity index (χ2v) is 7.94. The topological polar surface area (TPSA) is 39.4 Å². The van der Waals surface area contributed by atoms with E-state index in [1.807, 2.05) is 85.8 Å². The average Bonchev–Trinajstić information content (AvgIpc) is 3.27. The predicted molar refractivity (Wildman–Crippen MR) is 133 cm³/mol. The third kappa shape index (κ3) is 3.83. The molecule has 162 valence electrons. The largest absolute Gasteiger partial charge is 0.496 e. The molecule has 0 radical (unpaired) electrons. The SMILES string of the molecule is CCc1oc2ccccc2c1C(=O)c1cc(-c2ccccc2)cc(-c2ccccc2OC)c1. The number of furan rings is 1. The summed E-state index contributed by atoms with van der Waals surface area (Å²) in [6.07, 6.45) is 0.646. The van der Waals surface area contributed by atoms with Crippen LogP contribution in [0.25, 0.3) is 33.2 Å². The Morgan fingerprint density at radius 1 is 0.788 bits per heavy atom. The quantitative estimate of drug-likeness (QED) is 0.260. The molecule has 0 fully saturated rings. The maximum Gasteiger partial charge on any atom is 0.197 e. The zero-order valence-corrected chi connectivity index (χ0v) is 18.7. The van der Waals surface area contributed by atoms with Gasteiger partial charge in [0.25, 0.3) is 0 Å². The van der Waals surface area contributed by atoms with E-state index in [4.69, 9.17) is 9.15 Å². The number of para-hydroxylation sites is 2. The number of ether oxygens (including phenoxy) is 1. The standard InChI is InChI=1S/C30H24O3/c1-3-26-29(25-14-8-10-16-28(25)33-26)30(31)23-18-21(20-11-5-4-6-12-20)17-22(19-23)24-13-7-9-15-27(24)32-2/h4-19H,3H2,1-2H3. The molecule has 4 aromatic carbocycles. The summed E-state index contributed by atoms with van der Waals surface area (Å²) < 4.78 is 11.6. The minimum Gasteiger partial charge on any atom is -0.496 e. The van der Waals surface area contributed by atoms with Crippen molar-refractivity contribution in [3.8, 4) is 28.0 Å². The summed E-state index contributed by atoms with van der Waals surface area (Å²) in [6.45, 7) is 2.01. The van der Waals surface area contributed by atoms with Crippen molar-refractivity contribution in [2.24, 2.45) is 0 Å². The molecule has 1 aromatic heterocycles. The van der Waals surface area contributed by atoms with Crippen LogP contribution in [0, 0.1) is 0 Å². The fourth-order valence-electron chi connectivity index (χ4n) is 4.33. The zero-order valence-electron chi connectivity index (χ0n) is 18.7. The first-order chi connectivity index (χ1) is 16.2. The third-order valence-electron chi connectivity index (χ3n) is 5.94. The Balaban J connectivity index is 1.73. The van der Waals surface area contributed by atoms with Crippen molar-refractivity contribution >= 4 is 16.8 Å². The molecular formula is C30H24O3. The Morgan fingerprint density at radius 3 is 2.27 bits per heavy atom. The first-order valence-electron chi connectivity index (χ1n) is 11.1. The van der Waals surface area contributed by atoms with Crippen molar-refractivity contribution in [1.82, 2.24) is 0 Å². The van der Waals surface area contributed by atoms with Gasteiger partial charge in [-0.05, 0) is 47.0 Å². The van der Waals surface area contributed by atoms with E-state index in [-0.39, 0.29) is 5.78 Å². The number of methoxy groups -OCH3 is 1. The Bertz CT molecular complexity index is 1440. The summed E-state index contributed by atoms with van der Waals surface area (Å²) in [6, 6.07) is 31.7. The Hall–Kier alpha value is -4.11. The number of carbonyl (C=O) groups excluding carboxylic acids is 1. The molecule has 1 heterocycles. The van der Waals surface area contributed by atoms with Gasteiger partial charge in [-0.15, -0.1) is 0 Å². The van der Waals surface area contributed by atoms with Crippen molar-refractivity contribution < 1.29 is 13.9 Å². The number of ketones is 1. The van der Waals surface area contributed by atoms with Crippen LogP contribution in [0.15, 0.2) is 101 Å². The Kier molecular flexibility index (Phi) is 5.54. The molecule has 0 saturated heterocycles. The van der Waals surface area contributed by atoms with Gasteiger partial charge >= 0.3 is 0 Å². The maximum absolute atomic E-state index is 13.9. The van der Waals surface area contributed by atoms with Gasteiger partial charge in [0, 0.05) is 22.9 Å². The molecule has 0 unspecified atom stereocenters. The third-order valence-corrected chi connectivity index (χ3v) is 5.94. The fourth-order valence-corrected chi connectivity index (χ4v) is 4.33. The number of aryl methyl sites for hydroxylation is 1. The van der Waals surface area contributed by atoms with Crippen LogP contribution in [-0.2, 0) is 6.42 Å². The van der Waals surface area contributed by atoms with Gasteiger partial charge in [0.05, 0.1) is 12.7 Å². The van der Waals surface area contributed by atoms with Crippen molar-refractivity contribution in [3.05, 3.63) is 114 Å². The average molecular weight is 433 g/mol. The molecule has 0 atom stereocenters. The molecule has 0 saturated carbocycles. The van der Waals surface area contributed by atoms with Crippen LogP contribution in [0.5, 0.6) is 5.75 Å². The predicted octanol–water partition coefficient (Wildman–Crippen LogP) is 7.57. The number of hydrogen-bond acceptors (Lipinski definition) is 3. The molecule has 5 aromatic rings. The summed E-state index contributed by atoms with van der Waals surface area (Å²) in [5.41, 5.74) is 5.91. The maximum atomic E-state index is 13.9. The summed E-state index contributed by atoms with van der Waals surface area (Å²) in [5, 5.41) is 0.850. The molecule has 0 N–H and O–H groups in total. The zero-order chi connectivity index (χ0) is 22.8. The summed E-state index contributed by atoms with van der Waals surface area (Å²) in [4.78, 5) is 13.9. The second kappa shape index (κ2) is 8.79. The lowest BCUT2D eigenvalue weighted by Gasteiger charge is -2.13. The van der Waals surface area contributed by atoms with Crippen LogP contribution in [-0.4, -0.2) is 12.9 Å². The first kappa shape index (κ1) is 20.8. The number of benzene rings is 4. The molecule has 0 aliphatic rings. The number of rotatable bonds is 6. The van der Waals surface area contributed by atoms with E-state index in [2.05, 4.69) is 18.2 Å². The molecule has 0 bridgehead atoms. The summed E-state index contributed by atoms with van der Waals surface area (Å²) in [5.74, 6) is 1.44. The highest BCUT2D eigenvalue weighted by atomic mass is 16.5. The van der Waals surface area contributed by atoms with E-state index in [0.717, 1.165) is 39.0 Å². The van der Waals surface area contributed by atoms with Crippen molar-refractivity contribution in [1.29, 1.82) is 0 Å². The lowest BCUT2D eigenvalue weighted by atomic mass is 9.91. The monoisotopic (exact) mass is 432 g/mol. The normalized spacial score (nSPS) is 11.0. The van der Waals surface area contributed by atoms with E-state index in [1.54, 1.807) is 7.11 Å². The highest BCUT2D eigenvalue weighted by molar-refractivity contribution is 6.17. The molecule has 0 aliphatic carbocycles. The lowest BCUT2D eigenvalue weighted by molar-refractivity contribution is 0.103. The minimum atomic E-state index is -0.0364. The van der Waals surface area contributed by atoms with Crippen LogP contribution < -0.4 is 4.74 Å².